The molecule has 0 saturated carbocycles. The summed E-state index contributed by atoms with van der Waals surface area (Å²) in [5, 5.41) is 0. The summed E-state index contributed by atoms with van der Waals surface area (Å²) in [6, 6.07) is 20.9. The van der Waals surface area contributed by atoms with Crippen molar-refractivity contribution in [3.05, 3.63) is 126 Å². The van der Waals surface area contributed by atoms with E-state index in [9.17, 15) is 26.7 Å². The zero-order chi connectivity index (χ0) is 36.0. The van der Waals surface area contributed by atoms with Gasteiger partial charge in [-0.3, -0.25) is 14.8 Å². The number of ether oxygens (including phenoxy) is 1. The van der Waals surface area contributed by atoms with Crippen LogP contribution >= 0.6 is 0 Å². The quantitative estimate of drug-likeness (QED) is 0.126. The minimum absolute atomic E-state index is 0.0253. The van der Waals surface area contributed by atoms with Crippen LogP contribution in [-0.2, 0) is 0 Å². The molecule has 4 N–H and O–H groups in total. The molecular weight excluding hydrogens is 655 g/mol. The minimum atomic E-state index is -4.47. The van der Waals surface area contributed by atoms with Crippen LogP contribution in [-0.4, -0.2) is 38.5 Å². The van der Waals surface area contributed by atoms with Gasteiger partial charge >= 0.3 is 6.18 Å². The zero-order valence-corrected chi connectivity index (χ0v) is 26.7. The smallest absolute Gasteiger partial charge is 0.422 e. The molecule has 2 aromatic heterocycles. The van der Waals surface area contributed by atoms with Crippen LogP contribution in [0.5, 0.6) is 5.75 Å². The van der Waals surface area contributed by atoms with Crippen molar-refractivity contribution in [1.82, 2.24) is 19.9 Å². The third-order valence-corrected chi connectivity index (χ3v) is 7.29. The first-order valence-corrected chi connectivity index (χ1v) is 14.9. The van der Waals surface area contributed by atoms with Gasteiger partial charge in [-0.05, 0) is 66.9 Å². The van der Waals surface area contributed by atoms with E-state index in [1.54, 1.807) is 55.5 Å². The van der Waals surface area contributed by atoms with Gasteiger partial charge in [0.15, 0.2) is 12.4 Å². The SMILES string of the molecule is CC(=O)c1ccccc1-c1ccc(-c2cnc(N)cn2)c(F)c1.Cc1ccc(OCC(F)(F)F)c(-c2ccc(-c3cnc(N)cn3)c(F)c2)c1. The number of rotatable bonds is 7. The van der Waals surface area contributed by atoms with Crippen molar-refractivity contribution in [2.75, 3.05) is 18.1 Å². The molecule has 0 fully saturated rings. The van der Waals surface area contributed by atoms with Crippen molar-refractivity contribution in [3.63, 3.8) is 0 Å². The van der Waals surface area contributed by atoms with Gasteiger partial charge in [-0.1, -0.05) is 48.0 Å². The molecule has 4 aromatic carbocycles. The second kappa shape index (κ2) is 14.9. The van der Waals surface area contributed by atoms with Gasteiger partial charge < -0.3 is 16.2 Å². The number of Topliss-reactive ketones (excluding diaryl/α,β-unsaturated/α-hetero) is 1. The highest BCUT2D eigenvalue weighted by molar-refractivity contribution is 6.00. The molecule has 0 saturated heterocycles. The van der Waals surface area contributed by atoms with Gasteiger partial charge in [0.1, 0.15) is 29.0 Å². The van der Waals surface area contributed by atoms with Crippen LogP contribution in [0.1, 0.15) is 22.8 Å². The Labute approximate surface area is 283 Å². The predicted molar refractivity (Wildman–Crippen MR) is 181 cm³/mol. The lowest BCUT2D eigenvalue weighted by atomic mass is 9.96. The average Bonchev–Trinajstić information content (AvgIpc) is 3.08. The number of benzene rings is 4. The number of hydrogen-bond acceptors (Lipinski definition) is 8. The standard InChI is InChI=1S/C19H15F4N3O.C18H14FN3O/c1-11-2-5-17(27-10-19(21,22)23)14(6-11)12-3-4-13(15(20)7-12)16-8-26-18(24)9-25-16;1-11(23)13-4-2-3-5-14(13)12-6-7-15(16(19)8-12)17-9-22-18(20)10-21-17/h2-9H,10H2,1H3,(H2,24,26);2-10H,1H3,(H2,20,22). The number of anilines is 2. The van der Waals surface area contributed by atoms with Crippen molar-refractivity contribution in [2.24, 2.45) is 0 Å². The Balaban J connectivity index is 0.000000197. The van der Waals surface area contributed by atoms with E-state index in [0.29, 0.717) is 44.8 Å². The van der Waals surface area contributed by atoms with Crippen molar-refractivity contribution in [3.8, 4) is 50.5 Å². The van der Waals surface area contributed by atoms with Crippen LogP contribution in [0.25, 0.3) is 44.8 Å². The molecule has 50 heavy (non-hydrogen) atoms. The van der Waals surface area contributed by atoms with Crippen molar-refractivity contribution in [1.29, 1.82) is 0 Å². The van der Waals surface area contributed by atoms with Gasteiger partial charge in [0, 0.05) is 22.3 Å². The maximum Gasteiger partial charge on any atom is 0.422 e. The molecule has 0 atom stereocenters. The topological polar surface area (TPSA) is 130 Å². The molecule has 8 nitrogen and oxygen atoms in total. The molecule has 0 radical (unpaired) electrons. The predicted octanol–water partition coefficient (Wildman–Crippen LogP) is 8.52. The van der Waals surface area contributed by atoms with Crippen LogP contribution in [0.15, 0.2) is 104 Å². The number of carbonyl (C=O) groups is 1. The summed E-state index contributed by atoms with van der Waals surface area (Å²) >= 11 is 0. The summed E-state index contributed by atoms with van der Waals surface area (Å²) in [5.74, 6) is -0.565. The van der Waals surface area contributed by atoms with Gasteiger partial charge in [-0.15, -0.1) is 0 Å². The van der Waals surface area contributed by atoms with E-state index in [4.69, 9.17) is 16.2 Å². The Morgan fingerprint density at radius 1 is 0.680 bits per heavy atom. The minimum Gasteiger partial charge on any atom is -0.483 e. The number of nitrogens with two attached hydrogens (primary N) is 2. The fraction of sp³-hybridized carbons (Fsp3) is 0.108. The van der Waals surface area contributed by atoms with E-state index in [2.05, 4.69) is 19.9 Å². The van der Waals surface area contributed by atoms with Gasteiger partial charge in [0.05, 0.1) is 36.2 Å². The number of nitrogen functional groups attached to an aromatic ring is 2. The molecule has 6 aromatic rings. The number of aromatic nitrogens is 4. The van der Waals surface area contributed by atoms with E-state index in [1.807, 2.05) is 6.07 Å². The molecule has 6 rings (SSSR count). The molecule has 0 amide bonds. The molecule has 0 unspecified atom stereocenters. The fourth-order valence-electron chi connectivity index (χ4n) is 4.93. The molecule has 0 aliphatic heterocycles. The number of nitrogens with zero attached hydrogens (tertiary/aromatic N) is 4. The number of alkyl halides is 3. The Morgan fingerprint density at radius 2 is 1.22 bits per heavy atom. The first-order valence-electron chi connectivity index (χ1n) is 14.9. The number of carbonyl (C=O) groups excluding carboxylic acids is 1. The number of halogens is 5. The maximum absolute atomic E-state index is 14.6. The maximum atomic E-state index is 14.6. The highest BCUT2D eigenvalue weighted by atomic mass is 19.4. The third kappa shape index (κ3) is 8.61. The molecular formula is C37H29F5N6O2. The molecule has 0 bridgehead atoms. The highest BCUT2D eigenvalue weighted by Gasteiger charge is 2.29. The number of hydrogen-bond donors (Lipinski definition) is 2. The summed E-state index contributed by atoms with van der Waals surface area (Å²) in [4.78, 5) is 27.6. The molecule has 0 spiro atoms. The van der Waals surface area contributed by atoms with E-state index in [-0.39, 0.29) is 28.7 Å². The van der Waals surface area contributed by atoms with Crippen molar-refractivity contribution < 1.29 is 31.5 Å². The largest absolute Gasteiger partial charge is 0.483 e. The first kappa shape index (κ1) is 35.1. The average molecular weight is 685 g/mol. The van der Waals surface area contributed by atoms with Crippen LogP contribution < -0.4 is 16.2 Å². The number of aryl methyl sites for hydroxylation is 1. The Morgan fingerprint density at radius 3 is 1.70 bits per heavy atom. The zero-order valence-electron chi connectivity index (χ0n) is 26.7. The third-order valence-electron chi connectivity index (χ3n) is 7.29. The second-order valence-electron chi connectivity index (χ2n) is 11.0. The van der Waals surface area contributed by atoms with E-state index in [1.165, 1.54) is 56.0 Å². The summed E-state index contributed by atoms with van der Waals surface area (Å²) in [5.41, 5.74) is 15.7. The van der Waals surface area contributed by atoms with E-state index in [0.717, 1.165) is 5.56 Å². The van der Waals surface area contributed by atoms with Crippen LogP contribution in [0.2, 0.25) is 0 Å². The summed E-state index contributed by atoms with van der Waals surface area (Å²) in [6.45, 7) is 1.85. The highest BCUT2D eigenvalue weighted by Crippen LogP contribution is 2.35. The summed E-state index contributed by atoms with van der Waals surface area (Å²) in [6.07, 6.45) is 1.00. The van der Waals surface area contributed by atoms with Gasteiger partial charge in [-0.2, -0.15) is 13.2 Å². The lowest BCUT2D eigenvalue weighted by molar-refractivity contribution is -0.153. The normalized spacial score (nSPS) is 11.0. The lowest BCUT2D eigenvalue weighted by Gasteiger charge is -2.15. The van der Waals surface area contributed by atoms with E-state index >= 15 is 0 Å². The number of ketones is 1. The Hall–Kier alpha value is -6.24. The Bertz CT molecular complexity index is 2140. The van der Waals surface area contributed by atoms with Crippen LogP contribution in [0.3, 0.4) is 0 Å². The monoisotopic (exact) mass is 684 g/mol. The molecule has 254 valence electrons. The van der Waals surface area contributed by atoms with Gasteiger partial charge in [0.2, 0.25) is 0 Å². The molecule has 13 heteroatoms. The van der Waals surface area contributed by atoms with Crippen molar-refractivity contribution in [2.45, 2.75) is 20.0 Å². The second-order valence-corrected chi connectivity index (χ2v) is 11.0. The fourth-order valence-corrected chi connectivity index (χ4v) is 4.93. The van der Waals surface area contributed by atoms with Crippen LogP contribution in [0, 0.1) is 18.6 Å². The molecule has 0 aliphatic carbocycles. The molecule has 2 heterocycles. The van der Waals surface area contributed by atoms with Crippen LogP contribution in [0.4, 0.5) is 33.6 Å². The van der Waals surface area contributed by atoms with Crippen molar-refractivity contribution >= 4 is 17.4 Å². The van der Waals surface area contributed by atoms with E-state index < -0.39 is 24.4 Å². The molecule has 0 aliphatic rings. The van der Waals surface area contributed by atoms with Gasteiger partial charge in [-0.25, -0.2) is 18.7 Å². The Kier molecular flexibility index (Phi) is 10.4. The summed E-state index contributed by atoms with van der Waals surface area (Å²) in [7, 11) is 0. The first-order chi connectivity index (χ1) is 23.8. The lowest BCUT2D eigenvalue weighted by Crippen LogP contribution is -2.19. The van der Waals surface area contributed by atoms with Gasteiger partial charge in [0.25, 0.3) is 0 Å². The summed E-state index contributed by atoms with van der Waals surface area (Å²) < 4.78 is 71.4.